The van der Waals surface area contributed by atoms with Gasteiger partial charge in [0.1, 0.15) is 6.61 Å². The summed E-state index contributed by atoms with van der Waals surface area (Å²) in [5.41, 5.74) is 1.54. The van der Waals surface area contributed by atoms with E-state index >= 15 is 0 Å². The van der Waals surface area contributed by atoms with E-state index in [0.717, 1.165) is 5.56 Å². The Morgan fingerprint density at radius 3 is 2.44 bits per heavy atom. The molecule has 0 N–H and O–H groups in total. The monoisotopic (exact) mass is 240 g/mol. The second kappa shape index (κ2) is 6.30. The molecule has 4 nitrogen and oxygen atoms in total. The predicted molar refractivity (Wildman–Crippen MR) is 68.4 cm³/mol. The number of aldehydes is 1. The number of aromatic nitrogens is 2. The van der Waals surface area contributed by atoms with Gasteiger partial charge < -0.3 is 4.74 Å². The van der Waals surface area contributed by atoms with Gasteiger partial charge in [-0.25, -0.2) is 9.97 Å². The maximum atomic E-state index is 10.4. The number of benzene rings is 1. The molecule has 0 saturated heterocycles. The minimum Gasteiger partial charge on any atom is -0.459 e. The van der Waals surface area contributed by atoms with Gasteiger partial charge in [-0.2, -0.15) is 0 Å². The molecule has 0 aliphatic rings. The second-order valence-electron chi connectivity index (χ2n) is 3.54. The lowest BCUT2D eigenvalue weighted by molar-refractivity contribution is 0.112. The minimum absolute atomic E-state index is 0.262. The number of hydrogen-bond acceptors (Lipinski definition) is 4. The Kier molecular flexibility index (Phi) is 4.19. The summed E-state index contributed by atoms with van der Waals surface area (Å²) < 4.78 is 5.30. The van der Waals surface area contributed by atoms with Crippen LogP contribution in [0.1, 0.15) is 15.9 Å². The van der Waals surface area contributed by atoms with Crippen molar-refractivity contribution in [1.82, 2.24) is 9.97 Å². The summed E-state index contributed by atoms with van der Waals surface area (Å²) in [6.45, 7) is 0.384. The van der Waals surface area contributed by atoms with Gasteiger partial charge in [-0.1, -0.05) is 36.4 Å². The fraction of sp³-hybridized carbons (Fsp3) is 0.0714. The Labute approximate surface area is 105 Å². The summed E-state index contributed by atoms with van der Waals surface area (Å²) in [7, 11) is 0. The van der Waals surface area contributed by atoms with Crippen LogP contribution in [0.3, 0.4) is 0 Å². The Bertz CT molecular complexity index is 521. The molecule has 1 aromatic heterocycles. The molecule has 18 heavy (non-hydrogen) atoms. The highest BCUT2D eigenvalue weighted by atomic mass is 16.5. The first-order valence-corrected chi connectivity index (χ1v) is 5.50. The van der Waals surface area contributed by atoms with Crippen LogP contribution < -0.4 is 4.74 Å². The van der Waals surface area contributed by atoms with E-state index in [1.165, 1.54) is 12.4 Å². The van der Waals surface area contributed by atoms with Gasteiger partial charge in [0.15, 0.2) is 6.29 Å². The van der Waals surface area contributed by atoms with E-state index < -0.39 is 0 Å². The van der Waals surface area contributed by atoms with Crippen molar-refractivity contribution in [1.29, 1.82) is 0 Å². The molecule has 1 aromatic carbocycles. The van der Waals surface area contributed by atoms with Crippen molar-refractivity contribution in [3.05, 3.63) is 59.9 Å². The molecule has 0 aliphatic heterocycles. The van der Waals surface area contributed by atoms with Crippen LogP contribution in [0.2, 0.25) is 0 Å². The van der Waals surface area contributed by atoms with E-state index in [1.807, 2.05) is 42.5 Å². The molecule has 4 heteroatoms. The number of carbonyl (C=O) groups is 1. The fourth-order valence-corrected chi connectivity index (χ4v) is 1.33. The number of rotatable bonds is 5. The largest absolute Gasteiger partial charge is 0.459 e. The molecule has 0 radical (unpaired) electrons. The number of hydrogen-bond donors (Lipinski definition) is 0. The average molecular weight is 240 g/mol. The van der Waals surface area contributed by atoms with Gasteiger partial charge in [-0.15, -0.1) is 0 Å². The summed E-state index contributed by atoms with van der Waals surface area (Å²) in [5.74, 6) is 0. The third-order valence-corrected chi connectivity index (χ3v) is 2.20. The average Bonchev–Trinajstić information content (AvgIpc) is 2.45. The Morgan fingerprint density at radius 1 is 1.06 bits per heavy atom. The van der Waals surface area contributed by atoms with Crippen molar-refractivity contribution in [3.63, 3.8) is 0 Å². The Morgan fingerprint density at radius 2 is 1.78 bits per heavy atom. The summed E-state index contributed by atoms with van der Waals surface area (Å²) in [4.78, 5) is 18.2. The van der Waals surface area contributed by atoms with E-state index in [2.05, 4.69) is 9.97 Å². The zero-order valence-corrected chi connectivity index (χ0v) is 9.69. The van der Waals surface area contributed by atoms with Crippen LogP contribution in [0.15, 0.2) is 48.8 Å². The molecular weight excluding hydrogens is 228 g/mol. The third-order valence-electron chi connectivity index (χ3n) is 2.20. The first kappa shape index (κ1) is 12.0. The van der Waals surface area contributed by atoms with Crippen LogP contribution in [0.25, 0.3) is 6.08 Å². The number of carbonyl (C=O) groups excluding carboxylic acids is 1. The second-order valence-corrected chi connectivity index (χ2v) is 3.54. The van der Waals surface area contributed by atoms with Crippen LogP contribution in [0.5, 0.6) is 6.01 Å². The van der Waals surface area contributed by atoms with Gasteiger partial charge in [-0.3, -0.25) is 4.79 Å². The summed E-state index contributed by atoms with van der Waals surface area (Å²) in [6, 6.07) is 10.2. The summed E-state index contributed by atoms with van der Waals surface area (Å²) in [6.07, 6.45) is 7.39. The van der Waals surface area contributed by atoms with E-state index in [9.17, 15) is 4.79 Å². The first-order valence-electron chi connectivity index (χ1n) is 5.50. The van der Waals surface area contributed by atoms with Crippen molar-refractivity contribution in [2.24, 2.45) is 0 Å². The Hall–Kier alpha value is -2.49. The third kappa shape index (κ3) is 3.52. The quantitative estimate of drug-likeness (QED) is 0.753. The molecule has 0 fully saturated rings. The summed E-state index contributed by atoms with van der Waals surface area (Å²) >= 11 is 0. The molecule has 0 bridgehead atoms. The predicted octanol–water partition coefficient (Wildman–Crippen LogP) is 2.38. The van der Waals surface area contributed by atoms with Gasteiger partial charge in [0.25, 0.3) is 0 Å². The van der Waals surface area contributed by atoms with Gasteiger partial charge in [0.05, 0.1) is 5.56 Å². The molecule has 2 rings (SSSR count). The molecule has 2 aromatic rings. The van der Waals surface area contributed by atoms with Crippen LogP contribution in [0.4, 0.5) is 0 Å². The van der Waals surface area contributed by atoms with Gasteiger partial charge in [-0.05, 0) is 11.6 Å². The SMILES string of the molecule is O=Cc1cnc(OC/C=C/c2ccccc2)nc1. The zero-order valence-electron chi connectivity index (χ0n) is 9.69. The first-order chi connectivity index (χ1) is 8.88. The molecule has 0 aliphatic carbocycles. The normalized spacial score (nSPS) is 10.4. The molecule has 0 saturated carbocycles. The molecule has 0 unspecified atom stereocenters. The van der Waals surface area contributed by atoms with Crippen molar-refractivity contribution < 1.29 is 9.53 Å². The van der Waals surface area contributed by atoms with E-state index in [-0.39, 0.29) is 6.01 Å². The number of nitrogens with zero attached hydrogens (tertiary/aromatic N) is 2. The van der Waals surface area contributed by atoms with Crippen LogP contribution in [0, 0.1) is 0 Å². The highest BCUT2D eigenvalue weighted by Crippen LogP contribution is 2.03. The van der Waals surface area contributed by atoms with Crippen LogP contribution in [-0.4, -0.2) is 22.9 Å². The lowest BCUT2D eigenvalue weighted by Gasteiger charge is -1.99. The van der Waals surface area contributed by atoms with Crippen molar-refractivity contribution >= 4 is 12.4 Å². The minimum atomic E-state index is 0.262. The zero-order chi connectivity index (χ0) is 12.6. The van der Waals surface area contributed by atoms with E-state index in [4.69, 9.17) is 4.74 Å². The van der Waals surface area contributed by atoms with Crippen LogP contribution in [-0.2, 0) is 0 Å². The lowest BCUT2D eigenvalue weighted by atomic mass is 10.2. The molecule has 0 spiro atoms. The van der Waals surface area contributed by atoms with Gasteiger partial charge >= 0.3 is 6.01 Å². The molecule has 0 atom stereocenters. The topological polar surface area (TPSA) is 52.1 Å². The van der Waals surface area contributed by atoms with Crippen molar-refractivity contribution in [2.45, 2.75) is 0 Å². The molecule has 90 valence electrons. The maximum absolute atomic E-state index is 10.4. The van der Waals surface area contributed by atoms with Gasteiger partial charge in [0, 0.05) is 12.4 Å². The van der Waals surface area contributed by atoms with Crippen molar-refractivity contribution in [3.8, 4) is 6.01 Å². The molecule has 0 amide bonds. The standard InChI is InChI=1S/C14H12N2O2/c17-11-13-9-15-14(16-10-13)18-8-4-7-12-5-2-1-3-6-12/h1-7,9-11H,8H2/b7-4+. The van der Waals surface area contributed by atoms with Gasteiger partial charge in [0.2, 0.25) is 0 Å². The maximum Gasteiger partial charge on any atom is 0.316 e. The highest BCUT2D eigenvalue weighted by Gasteiger charge is 1.95. The molecular formula is C14H12N2O2. The summed E-state index contributed by atoms with van der Waals surface area (Å²) in [5, 5.41) is 0. The smallest absolute Gasteiger partial charge is 0.316 e. The Balaban J connectivity index is 1.84. The highest BCUT2D eigenvalue weighted by molar-refractivity contribution is 5.73. The fourth-order valence-electron chi connectivity index (χ4n) is 1.33. The van der Waals surface area contributed by atoms with Crippen LogP contribution >= 0.6 is 0 Å². The van der Waals surface area contributed by atoms with E-state index in [1.54, 1.807) is 0 Å². The molecule has 1 heterocycles. The lowest BCUT2D eigenvalue weighted by Crippen LogP contribution is -1.98. The van der Waals surface area contributed by atoms with E-state index in [0.29, 0.717) is 18.5 Å². The van der Waals surface area contributed by atoms with Crippen molar-refractivity contribution in [2.75, 3.05) is 6.61 Å². The number of ether oxygens (including phenoxy) is 1.